The molecule has 109 heavy (non-hydrogen) atoms. The first-order chi connectivity index (χ1) is 52.8. The lowest BCUT2D eigenvalue weighted by Crippen LogP contribution is -1.87. The summed E-state index contributed by atoms with van der Waals surface area (Å²) in [5.74, 6) is 2.87. The molecule has 6 aromatic heterocycles. The molecule has 14 N–H and O–H groups in total. The van der Waals surface area contributed by atoms with E-state index >= 15 is 0 Å². The second-order valence-corrected chi connectivity index (χ2v) is 33.1. The van der Waals surface area contributed by atoms with Gasteiger partial charge in [0.1, 0.15) is 64.5 Å². The Morgan fingerprint density at radius 2 is 0.578 bits per heavy atom. The molecule has 18 rings (SSSR count). The highest BCUT2D eigenvalue weighted by atomic mass is 127. The third kappa shape index (κ3) is 18.6. The van der Waals surface area contributed by atoms with E-state index in [0.29, 0.717) is 11.5 Å². The van der Waals surface area contributed by atoms with Gasteiger partial charge in [-0.05, 0) is 304 Å². The quantitative estimate of drug-likeness (QED) is 0.0449. The number of halogens is 3. The van der Waals surface area contributed by atoms with Crippen molar-refractivity contribution >= 4 is 231 Å². The molecular formula is C82H65I3N12O6S6. The minimum atomic E-state index is 0.269. The van der Waals surface area contributed by atoms with Gasteiger partial charge in [0.05, 0.1) is 86.2 Å². The summed E-state index contributed by atoms with van der Waals surface area (Å²) in [5, 5.41) is 50.3. The summed E-state index contributed by atoms with van der Waals surface area (Å²) in [6, 6.07) is 74.6. The Morgan fingerprint density at radius 3 is 0.927 bits per heavy atom. The zero-order chi connectivity index (χ0) is 76.4. The van der Waals surface area contributed by atoms with Crippen LogP contribution in [0.15, 0.2) is 237 Å². The molecule has 0 atom stereocenters. The summed E-state index contributed by atoms with van der Waals surface area (Å²) in [5.41, 5.74) is 40.3. The Balaban J connectivity index is 0.000000115. The molecule has 0 aliphatic rings. The lowest BCUT2D eigenvalue weighted by atomic mass is 10.2. The molecule has 12 aromatic carbocycles. The molecule has 0 fully saturated rings. The van der Waals surface area contributed by atoms with Crippen molar-refractivity contribution in [2.24, 2.45) is 0 Å². The maximum Gasteiger partial charge on any atom is 0.130 e. The molecule has 0 unspecified atom stereocenters. The predicted octanol–water partition coefficient (Wildman–Crippen LogP) is 22.8. The highest BCUT2D eigenvalue weighted by Crippen LogP contribution is 2.41. The molecule has 18 aromatic rings. The molecule has 0 saturated carbocycles. The number of nitrogens with two attached hydrogens (primary N) is 4. The van der Waals surface area contributed by atoms with Crippen molar-refractivity contribution in [3.8, 4) is 97.9 Å². The standard InChI is InChI=1S/2C14H11IN2OS.2C14H12N2OS.C13H9IN2OS.C13H10N2OS/c1-16-9-4-2-8(3-5-9)14-17-10-6-7-11(18)12(15)13(10)19-14;1-18-9-4-2-8(3-5-9)14-17-11-7-6-10(16)12(15)13(11)19-14;1-17-11-5-2-9(3-6-11)14-16-12-7-4-10(15)8-13(12)18-14;1-15-10-4-2-9(3-5-10)14-16-12-7-6-11(17)8-13(12)18-14;14-11-10(17)6-5-9-12(11)18-13(16-9)7-1-3-8(15)4-2-7;14-9-3-1-8(2-4-9)13-15-11-6-5-10(16)7-12(11)17-13/h2-7,16,18H,1H3;2-7H,16H2,1H3;2-8H,15H2,1H3;2-8,15,17H,1H3;1-6,17H,15H2;1-7,16H,14H2. The molecule has 0 radical (unpaired) electrons. The van der Waals surface area contributed by atoms with Gasteiger partial charge in [-0.25, -0.2) is 29.9 Å². The van der Waals surface area contributed by atoms with Crippen molar-refractivity contribution in [3.05, 3.63) is 247 Å². The molecule has 0 spiro atoms. The van der Waals surface area contributed by atoms with Gasteiger partial charge in [0.25, 0.3) is 0 Å². The fourth-order valence-electron chi connectivity index (χ4n) is 10.7. The molecule has 6 heterocycles. The number of rotatable bonds is 10. The van der Waals surface area contributed by atoms with Crippen LogP contribution in [-0.2, 0) is 0 Å². The predicted molar refractivity (Wildman–Crippen MR) is 485 cm³/mol. The summed E-state index contributed by atoms with van der Waals surface area (Å²) < 4.78 is 19.4. The molecule has 27 heteroatoms. The number of anilines is 6. The van der Waals surface area contributed by atoms with Crippen LogP contribution in [0.25, 0.3) is 125 Å². The number of hydrogen-bond acceptors (Lipinski definition) is 24. The lowest BCUT2D eigenvalue weighted by Gasteiger charge is -2.00. The van der Waals surface area contributed by atoms with Gasteiger partial charge < -0.3 is 63.5 Å². The van der Waals surface area contributed by atoms with Crippen LogP contribution in [-0.4, -0.2) is 78.6 Å². The van der Waals surface area contributed by atoms with Gasteiger partial charge in [0.15, 0.2) is 0 Å². The fourth-order valence-corrected chi connectivity index (χ4v) is 19.1. The number of ether oxygens (including phenoxy) is 2. The van der Waals surface area contributed by atoms with E-state index in [1.54, 1.807) is 119 Å². The number of phenolic OH excluding ortho intramolecular Hbond substituents is 4. The van der Waals surface area contributed by atoms with Crippen molar-refractivity contribution < 1.29 is 29.9 Å². The van der Waals surface area contributed by atoms with Crippen LogP contribution in [0.3, 0.4) is 0 Å². The lowest BCUT2D eigenvalue weighted by molar-refractivity contribution is 0.415. The van der Waals surface area contributed by atoms with Gasteiger partial charge in [0.2, 0.25) is 0 Å². The van der Waals surface area contributed by atoms with Gasteiger partial charge in [-0.2, -0.15) is 0 Å². The average molecular weight is 1890 g/mol. The van der Waals surface area contributed by atoms with Crippen molar-refractivity contribution in [1.82, 2.24) is 29.9 Å². The van der Waals surface area contributed by atoms with Crippen LogP contribution >= 0.6 is 136 Å². The molecule has 0 bridgehead atoms. The van der Waals surface area contributed by atoms with E-state index in [1.165, 1.54) is 0 Å². The highest BCUT2D eigenvalue weighted by molar-refractivity contribution is 14.1. The molecule has 0 aliphatic heterocycles. The van der Waals surface area contributed by atoms with Crippen LogP contribution in [0.4, 0.5) is 34.1 Å². The molecular weight excluding hydrogens is 1820 g/mol. The summed E-state index contributed by atoms with van der Waals surface area (Å²) in [7, 11) is 7.13. The Bertz CT molecular complexity index is 5950. The van der Waals surface area contributed by atoms with Gasteiger partial charge in [-0.3, -0.25) is 0 Å². The number of nitrogens with one attached hydrogen (secondary N) is 2. The number of nitrogen functional groups attached to an aromatic ring is 4. The van der Waals surface area contributed by atoms with Gasteiger partial charge in [-0.1, -0.05) is 0 Å². The maximum absolute atomic E-state index is 9.73. The van der Waals surface area contributed by atoms with Crippen molar-refractivity contribution in [1.29, 1.82) is 0 Å². The van der Waals surface area contributed by atoms with E-state index in [1.807, 2.05) is 202 Å². The largest absolute Gasteiger partial charge is 0.508 e. The van der Waals surface area contributed by atoms with E-state index in [4.69, 9.17) is 32.4 Å². The van der Waals surface area contributed by atoms with E-state index < -0.39 is 0 Å². The van der Waals surface area contributed by atoms with Crippen molar-refractivity contribution in [2.75, 3.05) is 61.9 Å². The topological polar surface area (TPSA) is 305 Å². The second-order valence-electron chi connectivity index (χ2n) is 23.8. The first-order valence-corrected chi connectivity index (χ1v) is 41.2. The fraction of sp³-hybridized carbons (Fsp3) is 0.0488. The number of thiazole rings is 6. The van der Waals surface area contributed by atoms with Crippen LogP contribution < -0.4 is 43.0 Å². The van der Waals surface area contributed by atoms with E-state index in [0.717, 1.165) is 181 Å². The Morgan fingerprint density at radius 1 is 0.303 bits per heavy atom. The van der Waals surface area contributed by atoms with Crippen LogP contribution in [0, 0.1) is 10.7 Å². The monoisotopic (exact) mass is 1890 g/mol. The average Bonchev–Trinajstić information content (AvgIpc) is 1.68. The minimum Gasteiger partial charge on any atom is -0.508 e. The van der Waals surface area contributed by atoms with Crippen molar-refractivity contribution in [3.63, 3.8) is 0 Å². The first-order valence-electron chi connectivity index (χ1n) is 33.1. The number of nitrogens with zero attached hydrogens (tertiary/aromatic N) is 6. The number of methoxy groups -OCH3 is 2. The second kappa shape index (κ2) is 35.0. The zero-order valence-electron chi connectivity index (χ0n) is 58.2. The minimum absolute atomic E-state index is 0.269. The molecule has 546 valence electrons. The summed E-state index contributed by atoms with van der Waals surface area (Å²) in [4.78, 5) is 27.5. The third-order valence-corrected chi connectivity index (χ3v) is 27.5. The summed E-state index contributed by atoms with van der Waals surface area (Å²) >= 11 is 16.2. The molecule has 0 amide bonds. The number of aromatic nitrogens is 6. The number of hydrogen-bond donors (Lipinski definition) is 10. The molecule has 0 aliphatic carbocycles. The van der Waals surface area contributed by atoms with E-state index in [9.17, 15) is 20.4 Å². The van der Waals surface area contributed by atoms with E-state index in [2.05, 4.69) is 120 Å². The van der Waals surface area contributed by atoms with Gasteiger partial charge in [-0.15, -0.1) is 68.0 Å². The third-order valence-electron chi connectivity index (χ3n) is 16.5. The Labute approximate surface area is 690 Å². The Kier molecular flexibility index (Phi) is 24.7. The summed E-state index contributed by atoms with van der Waals surface area (Å²) in [6.07, 6.45) is 0. The van der Waals surface area contributed by atoms with Crippen molar-refractivity contribution in [2.45, 2.75) is 0 Å². The smallest absolute Gasteiger partial charge is 0.130 e. The van der Waals surface area contributed by atoms with Crippen LogP contribution in [0.2, 0.25) is 0 Å². The SMILES string of the molecule is CNc1ccc(-c2nc3ccc(O)c(I)c3s2)cc1.CNc1ccc(-c2nc3ccc(O)cc3s2)cc1.COc1ccc(-c2nc3ccc(N)c(I)c3s2)cc1.COc1ccc(-c2nc3ccc(N)cc3s2)cc1.Nc1ccc(-c2nc3ccc(O)c(I)c3s2)cc1.Nc1ccc(-c2nc3ccc(O)cc3s2)cc1. The molecule has 18 nitrogen and oxygen atoms in total. The zero-order valence-corrected chi connectivity index (χ0v) is 69.6. The van der Waals surface area contributed by atoms with Crippen LogP contribution in [0.5, 0.6) is 34.5 Å². The first kappa shape index (κ1) is 76.9. The van der Waals surface area contributed by atoms with Gasteiger partial charge in [0, 0.05) is 81.6 Å². The number of benzene rings is 12. The maximum atomic E-state index is 9.73. The number of aromatic hydroxyl groups is 4. The highest BCUT2D eigenvalue weighted by Gasteiger charge is 2.16. The molecule has 0 saturated heterocycles. The number of fused-ring (bicyclic) bond motifs is 6. The number of phenols is 4. The Hall–Kier alpha value is -10.2. The van der Waals surface area contributed by atoms with Gasteiger partial charge >= 0.3 is 0 Å². The summed E-state index contributed by atoms with van der Waals surface area (Å²) in [6.45, 7) is 0. The van der Waals surface area contributed by atoms with Crippen LogP contribution in [0.1, 0.15) is 0 Å². The van der Waals surface area contributed by atoms with E-state index in [-0.39, 0.29) is 11.5 Å². The normalized spacial score (nSPS) is 10.8.